The van der Waals surface area contributed by atoms with Gasteiger partial charge in [-0.05, 0) is 30.3 Å². The van der Waals surface area contributed by atoms with Crippen molar-refractivity contribution in [2.24, 2.45) is 0 Å². The quantitative estimate of drug-likeness (QED) is 0.640. The lowest BCUT2D eigenvalue weighted by Crippen LogP contribution is -2.13. The van der Waals surface area contributed by atoms with Gasteiger partial charge in [0.05, 0.1) is 7.11 Å². The Bertz CT molecular complexity index is 770. The van der Waals surface area contributed by atoms with E-state index in [0.717, 1.165) is 12.1 Å². The first kappa shape index (κ1) is 15.0. The van der Waals surface area contributed by atoms with Gasteiger partial charge in [-0.3, -0.25) is 0 Å². The minimum absolute atomic E-state index is 0.0417. The molecule has 0 atom stereocenters. The average Bonchev–Trinajstić information content (AvgIpc) is 2.46. The Balaban J connectivity index is 2.40. The lowest BCUT2D eigenvalue weighted by atomic mass is 10.2. The maximum absolute atomic E-state index is 13.1. The highest BCUT2D eigenvalue weighted by molar-refractivity contribution is 7.87. The number of halogens is 1. The molecule has 0 aromatic heterocycles. The predicted molar refractivity (Wildman–Crippen MR) is 72.0 cm³/mol. The van der Waals surface area contributed by atoms with E-state index >= 15 is 0 Å². The molecule has 0 aliphatic heterocycles. The van der Waals surface area contributed by atoms with Gasteiger partial charge in [-0.2, -0.15) is 8.42 Å². The van der Waals surface area contributed by atoms with Crippen LogP contribution in [0.1, 0.15) is 10.4 Å². The Morgan fingerprint density at radius 3 is 2.48 bits per heavy atom. The van der Waals surface area contributed by atoms with Gasteiger partial charge in [-0.1, -0.05) is 18.2 Å². The van der Waals surface area contributed by atoms with Crippen molar-refractivity contribution in [2.45, 2.75) is 4.90 Å². The lowest BCUT2D eigenvalue weighted by molar-refractivity contribution is 0.0599. The fourth-order valence-electron chi connectivity index (χ4n) is 1.61. The van der Waals surface area contributed by atoms with Crippen molar-refractivity contribution in [3.05, 3.63) is 59.9 Å². The van der Waals surface area contributed by atoms with Crippen LogP contribution >= 0.6 is 0 Å². The van der Waals surface area contributed by atoms with Gasteiger partial charge >= 0.3 is 16.1 Å². The first-order valence-electron chi connectivity index (χ1n) is 5.81. The summed E-state index contributed by atoms with van der Waals surface area (Å²) in [5.41, 5.74) is -0.0417. The van der Waals surface area contributed by atoms with Crippen molar-refractivity contribution in [2.75, 3.05) is 7.11 Å². The van der Waals surface area contributed by atoms with E-state index in [1.54, 1.807) is 0 Å². The standard InChI is InChI=1S/C14H11FO5S/c1-19-14(16)12-7-2-3-8-13(12)20-21(17,18)11-6-4-5-10(15)9-11/h2-9H,1H3. The molecule has 2 rings (SSSR count). The molecule has 0 saturated carbocycles. The van der Waals surface area contributed by atoms with Gasteiger partial charge in [0.15, 0.2) is 5.75 Å². The summed E-state index contributed by atoms with van der Waals surface area (Å²) in [5, 5.41) is 0. The highest BCUT2D eigenvalue weighted by Crippen LogP contribution is 2.23. The normalized spacial score (nSPS) is 11.0. The number of benzene rings is 2. The zero-order valence-corrected chi connectivity index (χ0v) is 11.8. The SMILES string of the molecule is COC(=O)c1ccccc1OS(=O)(=O)c1cccc(F)c1. The summed E-state index contributed by atoms with van der Waals surface area (Å²) >= 11 is 0. The number of carbonyl (C=O) groups excluding carboxylic acids is 1. The maximum Gasteiger partial charge on any atom is 0.341 e. The monoisotopic (exact) mass is 310 g/mol. The summed E-state index contributed by atoms with van der Waals surface area (Å²) in [6, 6.07) is 10.1. The number of hydrogen-bond acceptors (Lipinski definition) is 5. The third-order valence-corrected chi connectivity index (χ3v) is 3.81. The van der Waals surface area contributed by atoms with Gasteiger partial charge in [0.2, 0.25) is 0 Å². The van der Waals surface area contributed by atoms with E-state index in [1.807, 2.05) is 0 Å². The maximum atomic E-state index is 13.1. The Kier molecular flexibility index (Phi) is 4.23. The summed E-state index contributed by atoms with van der Waals surface area (Å²) in [5.74, 6) is -1.63. The minimum atomic E-state index is -4.25. The topological polar surface area (TPSA) is 69.7 Å². The zero-order chi connectivity index (χ0) is 15.5. The number of carbonyl (C=O) groups is 1. The third-order valence-electron chi connectivity index (χ3n) is 2.58. The molecule has 7 heteroatoms. The van der Waals surface area contributed by atoms with E-state index in [1.165, 1.54) is 43.5 Å². The van der Waals surface area contributed by atoms with Crippen molar-refractivity contribution in [1.82, 2.24) is 0 Å². The van der Waals surface area contributed by atoms with Gasteiger partial charge in [0, 0.05) is 0 Å². The average molecular weight is 310 g/mol. The van der Waals surface area contributed by atoms with Gasteiger partial charge in [0.25, 0.3) is 0 Å². The fourth-order valence-corrected chi connectivity index (χ4v) is 2.59. The summed E-state index contributed by atoms with van der Waals surface area (Å²) in [4.78, 5) is 11.2. The second-order valence-corrected chi connectivity index (χ2v) is 5.53. The Hall–Kier alpha value is -2.41. The molecule has 0 saturated heterocycles. The summed E-state index contributed by atoms with van der Waals surface area (Å²) in [6.45, 7) is 0. The molecule has 0 bridgehead atoms. The first-order chi connectivity index (χ1) is 9.94. The van der Waals surface area contributed by atoms with E-state index in [0.29, 0.717) is 0 Å². The van der Waals surface area contributed by atoms with Crippen molar-refractivity contribution >= 4 is 16.1 Å². The summed E-state index contributed by atoms with van der Waals surface area (Å²) in [7, 11) is -3.08. The summed E-state index contributed by atoms with van der Waals surface area (Å²) < 4.78 is 46.7. The number of methoxy groups -OCH3 is 1. The molecule has 0 N–H and O–H groups in total. The van der Waals surface area contributed by atoms with E-state index in [2.05, 4.69) is 4.74 Å². The second kappa shape index (κ2) is 5.92. The summed E-state index contributed by atoms with van der Waals surface area (Å²) in [6.07, 6.45) is 0. The second-order valence-electron chi connectivity index (χ2n) is 3.98. The molecule has 0 unspecified atom stereocenters. The molecule has 0 aliphatic rings. The van der Waals surface area contributed by atoms with E-state index in [-0.39, 0.29) is 16.2 Å². The number of ether oxygens (including phenoxy) is 1. The number of hydrogen-bond donors (Lipinski definition) is 0. The molecular weight excluding hydrogens is 299 g/mol. The van der Waals surface area contributed by atoms with Gasteiger partial charge in [-0.25, -0.2) is 9.18 Å². The van der Waals surface area contributed by atoms with E-state index < -0.39 is 21.9 Å². The molecule has 2 aromatic rings. The molecule has 0 spiro atoms. The van der Waals surface area contributed by atoms with Crippen molar-refractivity contribution in [3.8, 4) is 5.75 Å². The van der Waals surface area contributed by atoms with Crippen molar-refractivity contribution < 1.29 is 26.5 Å². The van der Waals surface area contributed by atoms with Crippen LogP contribution in [0.15, 0.2) is 53.4 Å². The molecule has 0 heterocycles. The highest BCUT2D eigenvalue weighted by atomic mass is 32.2. The van der Waals surface area contributed by atoms with Crippen LogP contribution in [0.5, 0.6) is 5.75 Å². The van der Waals surface area contributed by atoms with Crippen LogP contribution in [0.2, 0.25) is 0 Å². The Morgan fingerprint density at radius 1 is 1.10 bits per heavy atom. The molecule has 0 aliphatic carbocycles. The van der Waals surface area contributed by atoms with Crippen molar-refractivity contribution in [1.29, 1.82) is 0 Å². The lowest BCUT2D eigenvalue weighted by Gasteiger charge is -2.10. The van der Waals surface area contributed by atoms with Gasteiger partial charge in [0.1, 0.15) is 16.3 Å². The van der Waals surface area contributed by atoms with Crippen LogP contribution < -0.4 is 4.18 Å². The molecule has 110 valence electrons. The minimum Gasteiger partial charge on any atom is -0.465 e. The highest BCUT2D eigenvalue weighted by Gasteiger charge is 2.21. The number of rotatable bonds is 4. The largest absolute Gasteiger partial charge is 0.465 e. The smallest absolute Gasteiger partial charge is 0.341 e. The molecule has 0 amide bonds. The van der Waals surface area contributed by atoms with Crippen LogP contribution in [0, 0.1) is 5.82 Å². The number of para-hydroxylation sites is 1. The first-order valence-corrected chi connectivity index (χ1v) is 7.22. The fraction of sp³-hybridized carbons (Fsp3) is 0.0714. The molecule has 0 radical (unpaired) electrons. The van der Waals surface area contributed by atoms with Gasteiger partial charge in [-0.15, -0.1) is 0 Å². The number of esters is 1. The molecule has 2 aromatic carbocycles. The Morgan fingerprint density at radius 2 is 1.81 bits per heavy atom. The van der Waals surface area contributed by atoms with E-state index in [4.69, 9.17) is 4.18 Å². The van der Waals surface area contributed by atoms with Crippen molar-refractivity contribution in [3.63, 3.8) is 0 Å². The van der Waals surface area contributed by atoms with E-state index in [9.17, 15) is 17.6 Å². The van der Waals surface area contributed by atoms with Crippen LogP contribution in [-0.2, 0) is 14.9 Å². The van der Waals surface area contributed by atoms with Crippen LogP contribution in [0.4, 0.5) is 4.39 Å². The third kappa shape index (κ3) is 3.38. The van der Waals surface area contributed by atoms with Gasteiger partial charge < -0.3 is 8.92 Å². The van der Waals surface area contributed by atoms with Crippen LogP contribution in [0.25, 0.3) is 0 Å². The molecular formula is C14H11FO5S. The Labute approximate surface area is 121 Å². The molecule has 21 heavy (non-hydrogen) atoms. The van der Waals surface area contributed by atoms with Crippen LogP contribution in [0.3, 0.4) is 0 Å². The van der Waals surface area contributed by atoms with Crippen LogP contribution in [-0.4, -0.2) is 21.5 Å². The molecule has 0 fully saturated rings. The predicted octanol–water partition coefficient (Wildman–Crippen LogP) is 2.38. The molecule has 5 nitrogen and oxygen atoms in total. The zero-order valence-electron chi connectivity index (χ0n) is 10.9.